The van der Waals surface area contributed by atoms with Crippen molar-refractivity contribution in [2.45, 2.75) is 43.0 Å². The number of anilines is 1. The molecule has 12 heteroatoms. The van der Waals surface area contributed by atoms with Crippen molar-refractivity contribution in [2.24, 2.45) is 5.92 Å². The van der Waals surface area contributed by atoms with Crippen molar-refractivity contribution in [2.75, 3.05) is 25.1 Å². The molecule has 4 heterocycles. The van der Waals surface area contributed by atoms with E-state index in [2.05, 4.69) is 9.97 Å². The lowest BCUT2D eigenvalue weighted by molar-refractivity contribution is -0.121. The number of hydrogen-bond acceptors (Lipinski definition) is 8. The van der Waals surface area contributed by atoms with E-state index in [1.807, 2.05) is 30.3 Å². The first-order valence-electron chi connectivity index (χ1n) is 14.5. The largest absolute Gasteiger partial charge is 0.496 e. The van der Waals surface area contributed by atoms with Crippen molar-refractivity contribution in [1.29, 1.82) is 0 Å². The Bertz CT molecular complexity index is 1770. The van der Waals surface area contributed by atoms with Gasteiger partial charge in [-0.25, -0.2) is 13.2 Å². The first-order valence-corrected chi connectivity index (χ1v) is 16.7. The number of hydrogen-bond donors (Lipinski definition) is 1. The molecule has 1 saturated heterocycles. The summed E-state index contributed by atoms with van der Waals surface area (Å²) in [6.45, 7) is -0.341. The maximum atomic E-state index is 14.0. The minimum atomic E-state index is -4.09. The van der Waals surface area contributed by atoms with E-state index < -0.39 is 34.5 Å². The van der Waals surface area contributed by atoms with Crippen LogP contribution in [0.15, 0.2) is 78.1 Å². The van der Waals surface area contributed by atoms with Gasteiger partial charge < -0.3 is 14.7 Å². The minimum Gasteiger partial charge on any atom is -0.496 e. The van der Waals surface area contributed by atoms with Crippen LogP contribution in [0.3, 0.4) is 0 Å². The zero-order chi connectivity index (χ0) is 30.8. The van der Waals surface area contributed by atoms with Crippen molar-refractivity contribution in [3.63, 3.8) is 0 Å². The Morgan fingerprint density at radius 3 is 2.50 bits per heavy atom. The van der Waals surface area contributed by atoms with Crippen LogP contribution >= 0.6 is 11.3 Å². The van der Waals surface area contributed by atoms with Gasteiger partial charge in [-0.15, -0.1) is 11.3 Å². The molecular weight excluding hydrogens is 601 g/mol. The zero-order valence-corrected chi connectivity index (χ0v) is 25.8. The molecule has 1 atom stereocenters. The van der Waals surface area contributed by atoms with Gasteiger partial charge in [-0.2, -0.15) is 4.31 Å². The predicted molar refractivity (Wildman–Crippen MR) is 167 cm³/mol. The van der Waals surface area contributed by atoms with Crippen LogP contribution in [0, 0.1) is 5.92 Å². The molecule has 1 aromatic carbocycles. The third-order valence-corrected chi connectivity index (χ3v) is 11.3. The van der Waals surface area contributed by atoms with Crippen molar-refractivity contribution >= 4 is 38.9 Å². The van der Waals surface area contributed by atoms with E-state index in [1.54, 1.807) is 35.5 Å². The van der Waals surface area contributed by atoms with Gasteiger partial charge in [-0.3, -0.25) is 14.8 Å². The van der Waals surface area contributed by atoms with Crippen LogP contribution < -0.4 is 9.64 Å². The highest BCUT2D eigenvalue weighted by atomic mass is 32.2. The fourth-order valence-electron chi connectivity index (χ4n) is 6.19. The number of methoxy groups -OCH3 is 1. The third-order valence-electron chi connectivity index (χ3n) is 8.37. The molecule has 44 heavy (non-hydrogen) atoms. The van der Waals surface area contributed by atoms with Crippen molar-refractivity contribution in [3.05, 3.63) is 78.1 Å². The van der Waals surface area contributed by atoms with Gasteiger partial charge in [0.2, 0.25) is 15.9 Å². The second-order valence-corrected chi connectivity index (χ2v) is 14.0. The van der Waals surface area contributed by atoms with Crippen LogP contribution in [-0.2, 0) is 14.8 Å². The lowest BCUT2D eigenvalue weighted by atomic mass is 9.82. The molecule has 1 saturated carbocycles. The lowest BCUT2D eigenvalue weighted by Gasteiger charge is -2.44. The molecule has 1 amide bonds. The molecule has 2 fully saturated rings. The molecule has 1 aliphatic carbocycles. The smallest absolute Gasteiger partial charge is 0.348 e. The Hall–Kier alpha value is -4.13. The van der Waals surface area contributed by atoms with E-state index in [-0.39, 0.29) is 22.2 Å². The number of amides is 1. The van der Waals surface area contributed by atoms with E-state index in [1.165, 1.54) is 23.7 Å². The highest BCUT2D eigenvalue weighted by Crippen LogP contribution is 2.42. The Labute approximate surface area is 260 Å². The standard InChI is InChI=1S/C32H32N4O6S2/c1-42-28-14-15-33-18-24(28)25-13-12-23(17-34-25)44(40,41)35-19-27(21-8-4-2-5-9-21)36(30(37)20-35)26-16-29(43-31(26)32(38)39)22-10-6-3-7-11-22/h3,6-7,10-18,21,27H,2,4-5,8-9,19-20H2,1H3,(H,38,39). The fourth-order valence-corrected chi connectivity index (χ4v) is 8.54. The summed E-state index contributed by atoms with van der Waals surface area (Å²) < 4.78 is 34.5. The summed E-state index contributed by atoms with van der Waals surface area (Å²) in [6, 6.07) is 15.5. The summed E-state index contributed by atoms with van der Waals surface area (Å²) in [7, 11) is -2.55. The Morgan fingerprint density at radius 2 is 1.82 bits per heavy atom. The van der Waals surface area contributed by atoms with Gasteiger partial charge >= 0.3 is 5.97 Å². The molecule has 0 bridgehead atoms. The highest BCUT2D eigenvalue weighted by Gasteiger charge is 2.44. The molecule has 228 valence electrons. The molecule has 1 aliphatic heterocycles. The summed E-state index contributed by atoms with van der Waals surface area (Å²) >= 11 is 1.12. The Balaban J connectivity index is 1.34. The second kappa shape index (κ2) is 12.5. The van der Waals surface area contributed by atoms with Gasteiger partial charge in [0.1, 0.15) is 15.5 Å². The van der Waals surface area contributed by atoms with Gasteiger partial charge in [0.05, 0.1) is 36.6 Å². The number of aromatic carboxylic acids is 1. The molecule has 2 aliphatic rings. The van der Waals surface area contributed by atoms with E-state index >= 15 is 0 Å². The SMILES string of the molecule is COc1ccncc1-c1ccc(S(=O)(=O)N2CC(=O)N(c3cc(-c4ccccc4)sc3C(=O)O)C(C3CCCCC3)C2)cn1. The van der Waals surface area contributed by atoms with Crippen LogP contribution in [0.4, 0.5) is 5.69 Å². The number of thiophene rings is 1. The van der Waals surface area contributed by atoms with E-state index in [0.29, 0.717) is 22.7 Å². The van der Waals surface area contributed by atoms with Crippen molar-refractivity contribution < 1.29 is 27.9 Å². The number of carbonyl (C=O) groups excluding carboxylic acids is 1. The lowest BCUT2D eigenvalue weighted by Crippen LogP contribution is -2.60. The summed E-state index contributed by atoms with van der Waals surface area (Å²) in [6.07, 6.45) is 9.19. The Morgan fingerprint density at radius 1 is 1.05 bits per heavy atom. The maximum Gasteiger partial charge on any atom is 0.348 e. The van der Waals surface area contributed by atoms with Crippen LogP contribution in [0.2, 0.25) is 0 Å². The number of nitrogens with zero attached hydrogens (tertiary/aromatic N) is 4. The normalized spacial score (nSPS) is 18.3. The van der Waals surface area contributed by atoms with E-state index in [9.17, 15) is 23.1 Å². The van der Waals surface area contributed by atoms with Crippen LogP contribution in [0.5, 0.6) is 5.75 Å². The van der Waals surface area contributed by atoms with Crippen LogP contribution in [-0.4, -0.2) is 65.9 Å². The number of carboxylic acid groups (broad SMARTS) is 1. The third kappa shape index (κ3) is 5.72. The van der Waals surface area contributed by atoms with Gasteiger partial charge in [-0.1, -0.05) is 49.6 Å². The van der Waals surface area contributed by atoms with Crippen molar-refractivity contribution in [3.8, 4) is 27.4 Å². The topological polar surface area (TPSA) is 130 Å². The number of carboxylic acids is 1. The number of ether oxygens (including phenoxy) is 1. The molecule has 0 spiro atoms. The van der Waals surface area contributed by atoms with Gasteiger partial charge in [0.15, 0.2) is 0 Å². The average Bonchev–Trinajstić information content (AvgIpc) is 3.51. The molecule has 10 nitrogen and oxygen atoms in total. The number of rotatable bonds is 8. The van der Waals surface area contributed by atoms with Gasteiger partial charge in [-0.05, 0) is 48.6 Å². The number of piperazine rings is 1. The fraction of sp³-hybridized carbons (Fsp3) is 0.312. The van der Waals surface area contributed by atoms with Crippen LogP contribution in [0.1, 0.15) is 41.8 Å². The molecule has 1 N–H and O–H groups in total. The molecule has 6 rings (SSSR count). The first-order chi connectivity index (χ1) is 21.3. The monoisotopic (exact) mass is 632 g/mol. The van der Waals surface area contributed by atoms with Crippen molar-refractivity contribution in [1.82, 2.24) is 14.3 Å². The summed E-state index contributed by atoms with van der Waals surface area (Å²) in [5, 5.41) is 10.2. The highest BCUT2D eigenvalue weighted by molar-refractivity contribution is 7.89. The average molecular weight is 633 g/mol. The maximum absolute atomic E-state index is 14.0. The van der Waals surface area contributed by atoms with Gasteiger partial charge in [0.25, 0.3) is 0 Å². The molecule has 1 unspecified atom stereocenters. The number of carbonyl (C=O) groups is 2. The predicted octanol–water partition coefficient (Wildman–Crippen LogP) is 5.57. The first kappa shape index (κ1) is 29.9. The minimum absolute atomic E-state index is 0.0270. The zero-order valence-electron chi connectivity index (χ0n) is 24.1. The van der Waals surface area contributed by atoms with E-state index in [0.717, 1.165) is 53.9 Å². The van der Waals surface area contributed by atoms with Gasteiger partial charge in [0, 0.05) is 30.0 Å². The number of pyridine rings is 2. The molecule has 3 aromatic heterocycles. The number of aromatic nitrogens is 2. The summed E-state index contributed by atoms with van der Waals surface area (Å²) in [4.78, 5) is 37.2. The second-order valence-electron chi connectivity index (χ2n) is 11.0. The quantitative estimate of drug-likeness (QED) is 0.267. The van der Waals surface area contributed by atoms with E-state index in [4.69, 9.17) is 4.74 Å². The molecule has 4 aromatic rings. The number of sulfonamides is 1. The number of benzene rings is 1. The molecule has 0 radical (unpaired) electrons. The molecular formula is C32H32N4O6S2. The summed E-state index contributed by atoms with van der Waals surface area (Å²) in [5.74, 6) is -0.968. The van der Waals surface area contributed by atoms with Crippen LogP contribution in [0.25, 0.3) is 21.7 Å². The summed E-state index contributed by atoms with van der Waals surface area (Å²) in [5.41, 5.74) is 2.31. The Kier molecular flexibility index (Phi) is 8.48.